The van der Waals surface area contributed by atoms with Crippen LogP contribution in [0.3, 0.4) is 0 Å². The Hall–Kier alpha value is -0.300. The monoisotopic (exact) mass is 337 g/mol. The van der Waals surface area contributed by atoms with E-state index in [1.807, 2.05) is 0 Å². The van der Waals surface area contributed by atoms with Crippen LogP contribution in [0.25, 0.3) is 0 Å². The molecule has 6 heteroatoms. The summed E-state index contributed by atoms with van der Waals surface area (Å²) in [5.74, 6) is 0. The Bertz CT molecular complexity index is 533. The van der Waals surface area contributed by atoms with E-state index in [1.54, 1.807) is 36.4 Å². The van der Waals surface area contributed by atoms with Crippen molar-refractivity contribution in [1.29, 1.82) is 0 Å². The van der Waals surface area contributed by atoms with Gasteiger partial charge >= 0.3 is 7.80 Å². The van der Waals surface area contributed by atoms with Gasteiger partial charge in [-0.2, -0.15) is 0 Å². The average Bonchev–Trinajstić information content (AvgIpc) is 2.25. The molecule has 0 heterocycles. The lowest BCUT2D eigenvalue weighted by Crippen LogP contribution is -2.06. The number of halogens is 4. The van der Waals surface area contributed by atoms with E-state index in [0.29, 0.717) is 30.7 Å². The van der Waals surface area contributed by atoms with Gasteiger partial charge in [-0.05, 0) is 12.1 Å². The lowest BCUT2D eigenvalue weighted by molar-refractivity contribution is 0.598. The van der Waals surface area contributed by atoms with Gasteiger partial charge in [-0.15, -0.1) is 0 Å². The summed E-state index contributed by atoms with van der Waals surface area (Å²) in [6.07, 6.45) is 0. The molecule has 0 bridgehead atoms. The molecule has 0 fully saturated rings. The van der Waals surface area contributed by atoms with Crippen LogP contribution in [-0.4, -0.2) is 0 Å². The third-order valence-corrected chi connectivity index (χ3v) is 4.49. The van der Waals surface area contributed by atoms with Gasteiger partial charge in [0, 0.05) is 44.4 Å². The van der Waals surface area contributed by atoms with E-state index >= 15 is 0 Å². The molecule has 0 aliphatic heterocycles. The van der Waals surface area contributed by atoms with E-state index in [-0.39, 0.29) is 0 Å². The van der Waals surface area contributed by atoms with Crippen molar-refractivity contribution in [2.45, 2.75) is 0 Å². The molecule has 2 aromatic rings. The lowest BCUT2D eigenvalue weighted by Gasteiger charge is -1.95. The third-order valence-electron chi connectivity index (χ3n) is 2.16. The molecule has 2 rings (SSSR count). The molecule has 0 aromatic heterocycles. The molecular formula is C12H6Cl4OP+. The molecule has 0 saturated carbocycles. The zero-order valence-corrected chi connectivity index (χ0v) is 12.7. The van der Waals surface area contributed by atoms with Crippen molar-refractivity contribution in [2.24, 2.45) is 0 Å². The SMILES string of the molecule is O=[P+](c1cc(Cl)cc(Cl)c1)c1cc(Cl)cc(Cl)c1. The molecule has 92 valence electrons. The van der Waals surface area contributed by atoms with Gasteiger partial charge in [0.25, 0.3) is 0 Å². The molecule has 0 atom stereocenters. The number of hydrogen-bond acceptors (Lipinski definition) is 1. The van der Waals surface area contributed by atoms with Crippen LogP contribution in [0.15, 0.2) is 36.4 Å². The van der Waals surface area contributed by atoms with E-state index in [0.717, 1.165) is 0 Å². The largest absolute Gasteiger partial charge is 0.415 e. The van der Waals surface area contributed by atoms with Crippen LogP contribution in [-0.2, 0) is 4.57 Å². The van der Waals surface area contributed by atoms with E-state index in [2.05, 4.69) is 0 Å². The van der Waals surface area contributed by atoms with Crippen LogP contribution in [0.4, 0.5) is 0 Å². The highest BCUT2D eigenvalue weighted by Crippen LogP contribution is 2.27. The summed E-state index contributed by atoms with van der Waals surface area (Å²) < 4.78 is 12.4. The van der Waals surface area contributed by atoms with E-state index in [1.165, 1.54) is 0 Å². The summed E-state index contributed by atoms with van der Waals surface area (Å²) in [6.45, 7) is 0. The Morgan fingerprint density at radius 3 is 1.17 bits per heavy atom. The second-order valence-electron chi connectivity index (χ2n) is 3.55. The smallest absolute Gasteiger partial charge is 0.0841 e. The molecule has 0 unspecified atom stereocenters. The van der Waals surface area contributed by atoms with Crippen molar-refractivity contribution in [2.75, 3.05) is 0 Å². The Labute approximate surface area is 125 Å². The molecule has 0 N–H and O–H groups in total. The van der Waals surface area contributed by atoms with Crippen LogP contribution in [0, 0.1) is 0 Å². The maximum atomic E-state index is 12.4. The van der Waals surface area contributed by atoms with Crippen LogP contribution < -0.4 is 10.6 Å². The summed E-state index contributed by atoms with van der Waals surface area (Å²) in [5, 5.41) is 2.84. The second kappa shape index (κ2) is 5.77. The Morgan fingerprint density at radius 2 is 0.889 bits per heavy atom. The molecule has 18 heavy (non-hydrogen) atoms. The van der Waals surface area contributed by atoms with Gasteiger partial charge in [0.1, 0.15) is 0 Å². The van der Waals surface area contributed by atoms with Gasteiger partial charge in [-0.3, -0.25) is 0 Å². The Balaban J connectivity index is 2.47. The van der Waals surface area contributed by atoms with Crippen molar-refractivity contribution >= 4 is 64.8 Å². The van der Waals surface area contributed by atoms with Crippen LogP contribution in [0.2, 0.25) is 20.1 Å². The van der Waals surface area contributed by atoms with E-state index in [9.17, 15) is 4.57 Å². The van der Waals surface area contributed by atoms with Crippen molar-refractivity contribution in [3.8, 4) is 0 Å². The Morgan fingerprint density at radius 1 is 0.611 bits per heavy atom. The summed E-state index contributed by atoms with van der Waals surface area (Å²) >= 11 is 23.5. The first-order chi connectivity index (χ1) is 8.45. The predicted molar refractivity (Wildman–Crippen MR) is 79.8 cm³/mol. The maximum absolute atomic E-state index is 12.4. The average molecular weight is 339 g/mol. The summed E-state index contributed by atoms with van der Waals surface area (Å²) in [4.78, 5) is 0. The van der Waals surface area contributed by atoms with Crippen LogP contribution in [0.5, 0.6) is 0 Å². The fraction of sp³-hybridized carbons (Fsp3) is 0. The minimum atomic E-state index is -1.82. The van der Waals surface area contributed by atoms with Crippen molar-refractivity contribution in [3.63, 3.8) is 0 Å². The van der Waals surface area contributed by atoms with Gasteiger partial charge in [0.2, 0.25) is 0 Å². The van der Waals surface area contributed by atoms with Crippen molar-refractivity contribution in [1.82, 2.24) is 0 Å². The molecule has 2 aromatic carbocycles. The molecule has 0 aliphatic rings. The molecule has 0 amide bonds. The van der Waals surface area contributed by atoms with Gasteiger partial charge in [0.05, 0.1) is 0 Å². The normalized spacial score (nSPS) is 10.4. The van der Waals surface area contributed by atoms with Crippen LogP contribution in [0.1, 0.15) is 0 Å². The van der Waals surface area contributed by atoms with Gasteiger partial charge in [-0.1, -0.05) is 51.0 Å². The molecular weight excluding hydrogens is 333 g/mol. The molecule has 0 aliphatic carbocycles. The summed E-state index contributed by atoms with van der Waals surface area (Å²) in [7, 11) is -1.82. The standard InChI is InChI=1S/C12H6Cl4OP/c13-7-1-8(14)4-11(3-7)18(17)12-5-9(15)2-10(16)6-12/h1-6H/q+1. The zero-order chi connectivity index (χ0) is 13.3. The number of hydrogen-bond donors (Lipinski definition) is 0. The first kappa shape index (κ1) is 14.1. The first-order valence-electron chi connectivity index (χ1n) is 4.85. The summed E-state index contributed by atoms with van der Waals surface area (Å²) in [5.41, 5.74) is 0. The highest BCUT2D eigenvalue weighted by molar-refractivity contribution is 7.61. The molecule has 0 saturated heterocycles. The minimum Gasteiger partial charge on any atom is -0.0841 e. The third kappa shape index (κ3) is 3.38. The van der Waals surface area contributed by atoms with Gasteiger partial charge in [-0.25, -0.2) is 0 Å². The topological polar surface area (TPSA) is 17.1 Å². The van der Waals surface area contributed by atoms with Crippen molar-refractivity contribution < 1.29 is 4.57 Å². The predicted octanol–water partition coefficient (Wildman–Crippen LogP) is 5.08. The second-order valence-corrected chi connectivity index (χ2v) is 6.92. The molecule has 0 spiro atoms. The fourth-order valence-electron chi connectivity index (χ4n) is 1.46. The molecule has 0 radical (unpaired) electrons. The molecule has 1 nitrogen and oxygen atoms in total. The highest BCUT2D eigenvalue weighted by Gasteiger charge is 2.25. The van der Waals surface area contributed by atoms with E-state index < -0.39 is 7.80 Å². The van der Waals surface area contributed by atoms with E-state index in [4.69, 9.17) is 46.4 Å². The van der Waals surface area contributed by atoms with Gasteiger partial charge in [0.15, 0.2) is 10.6 Å². The van der Waals surface area contributed by atoms with Crippen molar-refractivity contribution in [3.05, 3.63) is 56.5 Å². The highest BCUT2D eigenvalue weighted by atomic mass is 35.5. The Kier molecular flexibility index (Phi) is 4.53. The fourth-order valence-corrected chi connectivity index (χ4v) is 4.14. The lowest BCUT2D eigenvalue weighted by atomic mass is 10.3. The zero-order valence-electron chi connectivity index (χ0n) is 8.83. The summed E-state index contributed by atoms with van der Waals surface area (Å²) in [6, 6.07) is 9.62. The maximum Gasteiger partial charge on any atom is 0.415 e. The first-order valence-corrected chi connectivity index (χ1v) is 7.62. The minimum absolute atomic E-state index is 0.439. The number of rotatable bonds is 2. The van der Waals surface area contributed by atoms with Gasteiger partial charge < -0.3 is 0 Å². The van der Waals surface area contributed by atoms with Crippen LogP contribution >= 0.6 is 54.2 Å². The number of benzene rings is 2. The quantitative estimate of drug-likeness (QED) is 0.698.